The maximum Gasteiger partial charge on any atom is 0.245 e. The zero-order valence-corrected chi connectivity index (χ0v) is 11.3. The van der Waals surface area contributed by atoms with Gasteiger partial charge >= 0.3 is 0 Å². The Morgan fingerprint density at radius 1 is 1.56 bits per heavy atom. The zero-order chi connectivity index (χ0) is 13.3. The van der Waals surface area contributed by atoms with Crippen molar-refractivity contribution < 1.29 is 4.79 Å². The summed E-state index contributed by atoms with van der Waals surface area (Å²) in [6.07, 6.45) is 3.68. The van der Waals surface area contributed by atoms with Crippen molar-refractivity contribution in [2.45, 2.75) is 52.0 Å². The minimum Gasteiger partial charge on any atom is -0.317 e. The van der Waals surface area contributed by atoms with Gasteiger partial charge in [0, 0.05) is 11.3 Å². The van der Waals surface area contributed by atoms with Crippen molar-refractivity contribution >= 4 is 11.7 Å². The molecule has 2 atom stereocenters. The van der Waals surface area contributed by atoms with Crippen LogP contribution in [0.4, 0.5) is 5.82 Å². The molecule has 2 rings (SSSR count). The van der Waals surface area contributed by atoms with E-state index < -0.39 is 5.54 Å². The number of carbonyl (C=O) groups is 1. The van der Waals surface area contributed by atoms with Crippen LogP contribution in [-0.4, -0.2) is 21.6 Å². The maximum absolute atomic E-state index is 12.3. The molecule has 1 aliphatic carbocycles. The highest BCUT2D eigenvalue weighted by Crippen LogP contribution is 2.31. The molecule has 5 heteroatoms. The van der Waals surface area contributed by atoms with Crippen LogP contribution in [0.5, 0.6) is 0 Å². The number of amides is 1. The van der Waals surface area contributed by atoms with Crippen LogP contribution in [0.3, 0.4) is 0 Å². The van der Waals surface area contributed by atoms with Gasteiger partial charge in [-0.25, -0.2) is 0 Å². The number of hydrogen-bond acceptors (Lipinski definition) is 3. The van der Waals surface area contributed by atoms with E-state index in [9.17, 15) is 4.79 Å². The van der Waals surface area contributed by atoms with Crippen molar-refractivity contribution in [1.29, 1.82) is 0 Å². The second-order valence-corrected chi connectivity index (χ2v) is 5.63. The Labute approximate surface area is 108 Å². The van der Waals surface area contributed by atoms with Gasteiger partial charge in [0.1, 0.15) is 0 Å². The van der Waals surface area contributed by atoms with Gasteiger partial charge in [-0.15, -0.1) is 0 Å². The summed E-state index contributed by atoms with van der Waals surface area (Å²) in [6.45, 7) is 6.01. The van der Waals surface area contributed by atoms with Crippen molar-refractivity contribution in [3.05, 3.63) is 11.3 Å². The lowest BCUT2D eigenvalue weighted by atomic mass is 9.76. The van der Waals surface area contributed by atoms with Crippen molar-refractivity contribution in [3.63, 3.8) is 0 Å². The number of hydrogen-bond donors (Lipinski definition) is 3. The number of nitrogens with one attached hydrogen (secondary N) is 2. The molecule has 0 spiro atoms. The Bertz CT molecular complexity index is 454. The van der Waals surface area contributed by atoms with Crippen molar-refractivity contribution in [1.82, 2.24) is 10.2 Å². The Morgan fingerprint density at radius 2 is 2.28 bits per heavy atom. The summed E-state index contributed by atoms with van der Waals surface area (Å²) in [4.78, 5) is 12.3. The first kappa shape index (κ1) is 13.1. The minimum absolute atomic E-state index is 0.108. The largest absolute Gasteiger partial charge is 0.317 e. The molecule has 0 saturated heterocycles. The molecule has 1 heterocycles. The molecule has 5 nitrogen and oxygen atoms in total. The van der Waals surface area contributed by atoms with Crippen LogP contribution >= 0.6 is 0 Å². The highest BCUT2D eigenvalue weighted by Gasteiger charge is 2.38. The molecule has 1 aliphatic rings. The average Bonchev–Trinajstić information content (AvgIpc) is 2.60. The van der Waals surface area contributed by atoms with E-state index in [0.717, 1.165) is 36.9 Å². The molecule has 1 saturated carbocycles. The topological polar surface area (TPSA) is 83.8 Å². The second kappa shape index (κ2) is 4.72. The first-order chi connectivity index (χ1) is 8.42. The molecule has 1 aromatic rings. The molecule has 2 unspecified atom stereocenters. The molecule has 4 N–H and O–H groups in total. The fraction of sp³-hybridized carbons (Fsp3) is 0.692. The van der Waals surface area contributed by atoms with Crippen LogP contribution in [0.1, 0.15) is 43.9 Å². The molecular weight excluding hydrogens is 228 g/mol. The van der Waals surface area contributed by atoms with E-state index in [1.54, 1.807) is 0 Å². The van der Waals surface area contributed by atoms with E-state index in [4.69, 9.17) is 5.73 Å². The number of carbonyl (C=O) groups excluding carboxylic acids is 1. The van der Waals surface area contributed by atoms with Crippen LogP contribution < -0.4 is 11.1 Å². The predicted molar refractivity (Wildman–Crippen MR) is 71.2 cm³/mol. The van der Waals surface area contributed by atoms with Gasteiger partial charge in [-0.2, -0.15) is 5.10 Å². The second-order valence-electron chi connectivity index (χ2n) is 5.63. The molecule has 18 heavy (non-hydrogen) atoms. The predicted octanol–water partition coefficient (Wildman–Crippen LogP) is 1.87. The Balaban J connectivity index is 2.09. The van der Waals surface area contributed by atoms with Gasteiger partial charge in [0.15, 0.2) is 5.82 Å². The summed E-state index contributed by atoms with van der Waals surface area (Å²) >= 11 is 0. The molecular formula is C13H22N4O. The fourth-order valence-corrected chi connectivity index (χ4v) is 2.64. The smallest absolute Gasteiger partial charge is 0.245 e. The lowest BCUT2D eigenvalue weighted by molar-refractivity contribution is -0.122. The van der Waals surface area contributed by atoms with E-state index in [-0.39, 0.29) is 5.91 Å². The first-order valence-corrected chi connectivity index (χ1v) is 6.54. The van der Waals surface area contributed by atoms with Gasteiger partial charge in [-0.05, 0) is 32.6 Å². The number of aryl methyl sites for hydroxylation is 1. The number of H-pyrrole nitrogens is 1. The van der Waals surface area contributed by atoms with Crippen LogP contribution in [0.25, 0.3) is 0 Å². The molecule has 100 valence electrons. The SMILES string of the molecule is Cc1[nH]nc(NC(=O)C2(N)CCCC(C)C2)c1C. The van der Waals surface area contributed by atoms with Crippen LogP contribution in [-0.2, 0) is 4.79 Å². The Morgan fingerprint density at radius 3 is 2.83 bits per heavy atom. The van der Waals surface area contributed by atoms with E-state index >= 15 is 0 Å². The van der Waals surface area contributed by atoms with Gasteiger partial charge in [-0.1, -0.05) is 19.8 Å². The van der Waals surface area contributed by atoms with E-state index in [0.29, 0.717) is 11.7 Å². The highest BCUT2D eigenvalue weighted by molar-refractivity contribution is 5.97. The standard InChI is InChI=1S/C13H22N4O/c1-8-5-4-6-13(14,7-8)12(18)15-11-9(2)10(3)16-17-11/h8H,4-7,14H2,1-3H3,(H2,15,16,17,18). The Hall–Kier alpha value is -1.36. The number of nitrogens with two attached hydrogens (primary N) is 1. The first-order valence-electron chi connectivity index (χ1n) is 6.54. The molecule has 0 bridgehead atoms. The number of aromatic nitrogens is 2. The number of nitrogens with zero attached hydrogens (tertiary/aromatic N) is 1. The highest BCUT2D eigenvalue weighted by atomic mass is 16.2. The third-order valence-electron chi connectivity index (χ3n) is 3.97. The summed E-state index contributed by atoms with van der Waals surface area (Å²) in [5.41, 5.74) is 7.44. The van der Waals surface area contributed by atoms with Gasteiger partial charge in [0.2, 0.25) is 5.91 Å². The normalized spacial score (nSPS) is 28.1. The average molecular weight is 250 g/mol. The molecule has 1 aromatic heterocycles. The van der Waals surface area contributed by atoms with E-state index in [2.05, 4.69) is 22.4 Å². The molecule has 1 amide bonds. The summed E-state index contributed by atoms with van der Waals surface area (Å²) in [5.74, 6) is 1.00. The summed E-state index contributed by atoms with van der Waals surface area (Å²) < 4.78 is 0. The van der Waals surface area contributed by atoms with Gasteiger partial charge in [0.25, 0.3) is 0 Å². The monoisotopic (exact) mass is 250 g/mol. The maximum atomic E-state index is 12.3. The van der Waals surface area contributed by atoms with Gasteiger partial charge < -0.3 is 11.1 Å². The van der Waals surface area contributed by atoms with E-state index in [1.807, 2.05) is 13.8 Å². The van der Waals surface area contributed by atoms with Crippen LogP contribution in [0, 0.1) is 19.8 Å². The van der Waals surface area contributed by atoms with Crippen molar-refractivity contribution in [3.8, 4) is 0 Å². The molecule has 0 aliphatic heterocycles. The molecule has 0 aromatic carbocycles. The summed E-state index contributed by atoms with van der Waals surface area (Å²) in [7, 11) is 0. The van der Waals surface area contributed by atoms with Gasteiger partial charge in [-0.3, -0.25) is 9.89 Å². The van der Waals surface area contributed by atoms with Crippen LogP contribution in [0.2, 0.25) is 0 Å². The zero-order valence-electron chi connectivity index (χ0n) is 11.3. The van der Waals surface area contributed by atoms with Crippen molar-refractivity contribution in [2.24, 2.45) is 11.7 Å². The number of rotatable bonds is 2. The van der Waals surface area contributed by atoms with Crippen molar-refractivity contribution in [2.75, 3.05) is 5.32 Å². The number of aromatic amines is 1. The Kier molecular flexibility index (Phi) is 3.43. The minimum atomic E-state index is -0.739. The summed E-state index contributed by atoms with van der Waals surface area (Å²) in [6, 6.07) is 0. The third kappa shape index (κ3) is 2.41. The van der Waals surface area contributed by atoms with Crippen LogP contribution in [0.15, 0.2) is 0 Å². The quantitative estimate of drug-likeness (QED) is 0.749. The summed E-state index contributed by atoms with van der Waals surface area (Å²) in [5, 5.41) is 9.80. The lowest BCUT2D eigenvalue weighted by Crippen LogP contribution is -2.53. The number of anilines is 1. The fourth-order valence-electron chi connectivity index (χ4n) is 2.64. The van der Waals surface area contributed by atoms with E-state index in [1.165, 1.54) is 0 Å². The molecule has 1 fully saturated rings. The van der Waals surface area contributed by atoms with Gasteiger partial charge in [0.05, 0.1) is 5.54 Å². The third-order valence-corrected chi connectivity index (χ3v) is 3.97. The molecule has 0 radical (unpaired) electrons. The lowest BCUT2D eigenvalue weighted by Gasteiger charge is -2.35.